The molecule has 0 saturated carbocycles. The van der Waals surface area contributed by atoms with Gasteiger partial charge in [-0.05, 0) is 34.7 Å². The maximum absolute atomic E-state index is 3.43. The highest BCUT2D eigenvalue weighted by atomic mass is 35.5. The number of piperazine rings is 1. The maximum Gasteiger partial charge on any atom is 0.0359 e. The summed E-state index contributed by atoms with van der Waals surface area (Å²) in [7, 11) is 0. The van der Waals surface area contributed by atoms with Gasteiger partial charge in [-0.2, -0.15) is 11.3 Å². The van der Waals surface area contributed by atoms with Crippen LogP contribution < -0.4 is 5.32 Å². The summed E-state index contributed by atoms with van der Waals surface area (Å²) in [4.78, 5) is 2.64. The number of hydrogen-bond donors (Lipinski definition) is 1. The van der Waals surface area contributed by atoms with Gasteiger partial charge in [-0.15, -0.1) is 24.8 Å². The van der Waals surface area contributed by atoms with Gasteiger partial charge in [0.05, 0.1) is 0 Å². The van der Waals surface area contributed by atoms with Crippen LogP contribution in [0.4, 0.5) is 0 Å². The molecule has 0 aliphatic carbocycles. The molecule has 1 atom stereocenters. The molecule has 2 rings (SSSR count). The molecule has 0 bridgehead atoms. The SMILES string of the molecule is CC(C)C[C@H](c1ccsc1)N1CCNCC1.Cl.Cl. The summed E-state index contributed by atoms with van der Waals surface area (Å²) in [6.45, 7) is 9.29. The first kappa shape index (κ1) is 18.2. The first-order valence-electron chi connectivity index (χ1n) is 6.24. The Hall–Kier alpha value is 0.200. The molecule has 1 aromatic rings. The minimum absolute atomic E-state index is 0. The molecule has 1 aliphatic rings. The number of thiophene rings is 1. The summed E-state index contributed by atoms with van der Waals surface area (Å²) in [6, 6.07) is 2.92. The number of rotatable bonds is 4. The fourth-order valence-electron chi connectivity index (χ4n) is 2.40. The number of halogens is 2. The van der Waals surface area contributed by atoms with Crippen molar-refractivity contribution in [2.24, 2.45) is 5.92 Å². The highest BCUT2D eigenvalue weighted by molar-refractivity contribution is 7.07. The predicted octanol–water partition coefficient (Wildman–Crippen LogP) is 3.58. The summed E-state index contributed by atoms with van der Waals surface area (Å²) < 4.78 is 0. The lowest BCUT2D eigenvalue weighted by Crippen LogP contribution is -2.45. The zero-order valence-corrected chi connectivity index (χ0v) is 13.5. The van der Waals surface area contributed by atoms with E-state index in [2.05, 4.69) is 40.9 Å². The van der Waals surface area contributed by atoms with E-state index < -0.39 is 0 Å². The molecule has 0 spiro atoms. The monoisotopic (exact) mass is 310 g/mol. The molecule has 1 N–H and O–H groups in total. The van der Waals surface area contributed by atoms with E-state index >= 15 is 0 Å². The van der Waals surface area contributed by atoms with E-state index in [9.17, 15) is 0 Å². The van der Waals surface area contributed by atoms with Crippen LogP contribution in [0.3, 0.4) is 0 Å². The van der Waals surface area contributed by atoms with Gasteiger partial charge in [-0.25, -0.2) is 0 Å². The van der Waals surface area contributed by atoms with Gasteiger partial charge in [0.25, 0.3) is 0 Å². The molecule has 2 nitrogen and oxygen atoms in total. The molecular formula is C13H24Cl2N2S. The fraction of sp³-hybridized carbons (Fsp3) is 0.692. The normalized spacial score (nSPS) is 17.9. The van der Waals surface area contributed by atoms with Crippen molar-refractivity contribution in [3.63, 3.8) is 0 Å². The van der Waals surface area contributed by atoms with Crippen molar-refractivity contribution < 1.29 is 0 Å². The van der Waals surface area contributed by atoms with Crippen LogP contribution in [0.5, 0.6) is 0 Å². The van der Waals surface area contributed by atoms with E-state index in [0.717, 1.165) is 19.0 Å². The molecule has 5 heteroatoms. The zero-order chi connectivity index (χ0) is 11.4. The third kappa shape index (κ3) is 5.06. The summed E-state index contributed by atoms with van der Waals surface area (Å²) in [5, 5.41) is 7.94. The van der Waals surface area contributed by atoms with E-state index in [1.807, 2.05) is 11.3 Å². The molecule has 1 saturated heterocycles. The molecule has 18 heavy (non-hydrogen) atoms. The number of nitrogens with zero attached hydrogens (tertiary/aromatic N) is 1. The summed E-state index contributed by atoms with van der Waals surface area (Å²) in [6.07, 6.45) is 1.27. The van der Waals surface area contributed by atoms with Gasteiger partial charge < -0.3 is 5.32 Å². The average Bonchev–Trinajstić information content (AvgIpc) is 2.80. The second-order valence-corrected chi connectivity index (χ2v) is 5.77. The highest BCUT2D eigenvalue weighted by Gasteiger charge is 2.22. The molecule has 0 aromatic carbocycles. The molecule has 0 amide bonds. The first-order chi connectivity index (χ1) is 7.77. The van der Waals surface area contributed by atoms with Gasteiger partial charge in [0.2, 0.25) is 0 Å². The Morgan fingerprint density at radius 2 is 1.94 bits per heavy atom. The Morgan fingerprint density at radius 3 is 2.44 bits per heavy atom. The van der Waals surface area contributed by atoms with Gasteiger partial charge >= 0.3 is 0 Å². The third-order valence-electron chi connectivity index (χ3n) is 3.21. The molecule has 1 aromatic heterocycles. The highest BCUT2D eigenvalue weighted by Crippen LogP contribution is 2.29. The average molecular weight is 311 g/mol. The molecular weight excluding hydrogens is 287 g/mol. The van der Waals surface area contributed by atoms with Crippen LogP contribution in [0.15, 0.2) is 16.8 Å². The van der Waals surface area contributed by atoms with E-state index in [4.69, 9.17) is 0 Å². The molecule has 0 radical (unpaired) electrons. The van der Waals surface area contributed by atoms with E-state index in [1.165, 1.54) is 25.1 Å². The molecule has 1 aliphatic heterocycles. The van der Waals surface area contributed by atoms with Gasteiger partial charge in [0, 0.05) is 32.2 Å². The van der Waals surface area contributed by atoms with Crippen LogP contribution in [0, 0.1) is 5.92 Å². The van der Waals surface area contributed by atoms with Crippen LogP contribution in [0.1, 0.15) is 31.9 Å². The van der Waals surface area contributed by atoms with Gasteiger partial charge in [-0.1, -0.05) is 13.8 Å². The van der Waals surface area contributed by atoms with Crippen molar-refractivity contribution >= 4 is 36.2 Å². The van der Waals surface area contributed by atoms with Crippen molar-refractivity contribution in [3.8, 4) is 0 Å². The topological polar surface area (TPSA) is 15.3 Å². The van der Waals surface area contributed by atoms with E-state index in [-0.39, 0.29) is 24.8 Å². The number of hydrogen-bond acceptors (Lipinski definition) is 3. The summed E-state index contributed by atoms with van der Waals surface area (Å²) in [5.74, 6) is 0.764. The lowest BCUT2D eigenvalue weighted by Gasteiger charge is -2.35. The largest absolute Gasteiger partial charge is 0.314 e. The molecule has 0 unspecified atom stereocenters. The summed E-state index contributed by atoms with van der Waals surface area (Å²) >= 11 is 1.82. The van der Waals surface area contributed by atoms with E-state index in [1.54, 1.807) is 0 Å². The fourth-order valence-corrected chi connectivity index (χ4v) is 3.11. The quantitative estimate of drug-likeness (QED) is 0.914. The van der Waals surface area contributed by atoms with Gasteiger partial charge in [0.15, 0.2) is 0 Å². The minimum atomic E-state index is 0. The molecule has 106 valence electrons. The minimum Gasteiger partial charge on any atom is -0.314 e. The smallest absolute Gasteiger partial charge is 0.0359 e. The Kier molecular flexibility index (Phi) is 9.26. The van der Waals surface area contributed by atoms with Crippen molar-refractivity contribution in [2.75, 3.05) is 26.2 Å². The van der Waals surface area contributed by atoms with Crippen molar-refractivity contribution in [2.45, 2.75) is 26.3 Å². The summed E-state index contributed by atoms with van der Waals surface area (Å²) in [5.41, 5.74) is 1.51. The van der Waals surface area contributed by atoms with Gasteiger partial charge in [0.1, 0.15) is 0 Å². The van der Waals surface area contributed by atoms with Crippen LogP contribution in [-0.4, -0.2) is 31.1 Å². The molecule has 1 fully saturated rings. The first-order valence-corrected chi connectivity index (χ1v) is 7.18. The van der Waals surface area contributed by atoms with Crippen LogP contribution >= 0.6 is 36.2 Å². The van der Waals surface area contributed by atoms with Crippen molar-refractivity contribution in [3.05, 3.63) is 22.4 Å². The van der Waals surface area contributed by atoms with Crippen LogP contribution in [0.2, 0.25) is 0 Å². The van der Waals surface area contributed by atoms with E-state index in [0.29, 0.717) is 6.04 Å². The Bertz CT molecular complexity index is 298. The second-order valence-electron chi connectivity index (χ2n) is 4.99. The molecule has 2 heterocycles. The lowest BCUT2D eigenvalue weighted by molar-refractivity contribution is 0.154. The lowest BCUT2D eigenvalue weighted by atomic mass is 9.97. The Balaban J connectivity index is 0.00000144. The van der Waals surface area contributed by atoms with Gasteiger partial charge in [-0.3, -0.25) is 4.90 Å². The number of nitrogens with one attached hydrogen (secondary N) is 1. The maximum atomic E-state index is 3.43. The van der Waals surface area contributed by atoms with Crippen LogP contribution in [0.25, 0.3) is 0 Å². The van der Waals surface area contributed by atoms with Crippen LogP contribution in [-0.2, 0) is 0 Å². The second kappa shape index (κ2) is 9.16. The standard InChI is InChI=1S/C13H22N2S.2ClH/c1-11(2)9-13(12-3-8-16-10-12)15-6-4-14-5-7-15;;/h3,8,10-11,13-14H,4-7,9H2,1-2H3;2*1H/t13-;;/m1../s1. The predicted molar refractivity (Wildman–Crippen MR) is 85.5 cm³/mol. The van der Waals surface area contributed by atoms with Crippen molar-refractivity contribution in [1.82, 2.24) is 10.2 Å². The Labute approximate surface area is 127 Å². The zero-order valence-electron chi connectivity index (χ0n) is 11.1. The third-order valence-corrected chi connectivity index (χ3v) is 3.92. The Morgan fingerprint density at radius 1 is 1.28 bits per heavy atom. The van der Waals surface area contributed by atoms with Crippen molar-refractivity contribution in [1.29, 1.82) is 0 Å².